The van der Waals surface area contributed by atoms with E-state index in [0.29, 0.717) is 25.1 Å². The van der Waals surface area contributed by atoms with Crippen LogP contribution in [0.15, 0.2) is 18.2 Å². The van der Waals surface area contributed by atoms with E-state index < -0.39 is 5.82 Å². The number of nitriles is 1. The van der Waals surface area contributed by atoms with Crippen molar-refractivity contribution in [3.63, 3.8) is 0 Å². The molecule has 2 aliphatic rings. The van der Waals surface area contributed by atoms with Crippen molar-refractivity contribution >= 4 is 11.6 Å². The molecule has 0 spiro atoms. The van der Waals surface area contributed by atoms with Gasteiger partial charge in [0.25, 0.3) is 0 Å². The molecule has 5 heteroatoms. The van der Waals surface area contributed by atoms with Gasteiger partial charge in [0.2, 0.25) is 5.91 Å². The van der Waals surface area contributed by atoms with Gasteiger partial charge in [-0.25, -0.2) is 4.39 Å². The molecule has 1 atom stereocenters. The van der Waals surface area contributed by atoms with Crippen molar-refractivity contribution in [1.29, 1.82) is 5.26 Å². The van der Waals surface area contributed by atoms with Crippen LogP contribution >= 0.6 is 0 Å². The Labute approximate surface area is 111 Å². The molecule has 0 N–H and O–H groups in total. The number of amides is 1. The minimum atomic E-state index is -0.394. The van der Waals surface area contributed by atoms with E-state index in [4.69, 9.17) is 5.26 Å². The summed E-state index contributed by atoms with van der Waals surface area (Å²) < 4.78 is 13.1. The highest BCUT2D eigenvalue weighted by Crippen LogP contribution is 2.28. The van der Waals surface area contributed by atoms with Gasteiger partial charge in [-0.15, -0.1) is 0 Å². The lowest BCUT2D eigenvalue weighted by Gasteiger charge is -2.39. The fourth-order valence-electron chi connectivity index (χ4n) is 2.96. The molecule has 2 heterocycles. The van der Waals surface area contributed by atoms with Gasteiger partial charge in [0.1, 0.15) is 11.9 Å². The molecule has 1 aromatic rings. The van der Waals surface area contributed by atoms with Crippen LogP contribution < -0.4 is 4.90 Å². The zero-order chi connectivity index (χ0) is 13.4. The summed E-state index contributed by atoms with van der Waals surface area (Å²) in [6, 6.07) is 6.57. The summed E-state index contributed by atoms with van der Waals surface area (Å²) in [6.07, 6.45) is 1.49. The van der Waals surface area contributed by atoms with Gasteiger partial charge in [-0.2, -0.15) is 5.26 Å². The number of halogens is 1. The lowest BCUT2D eigenvalue weighted by molar-refractivity contribution is -0.129. The number of hydrogen-bond acceptors (Lipinski definition) is 3. The van der Waals surface area contributed by atoms with Crippen LogP contribution in [0.5, 0.6) is 0 Å². The second-order valence-electron chi connectivity index (χ2n) is 5.00. The molecule has 0 radical (unpaired) electrons. The molecular formula is C14H14FN3O. The number of piperazine rings is 1. The predicted molar refractivity (Wildman–Crippen MR) is 68.1 cm³/mol. The Kier molecular flexibility index (Phi) is 2.86. The van der Waals surface area contributed by atoms with Crippen LogP contribution in [0.3, 0.4) is 0 Å². The molecule has 1 aromatic carbocycles. The van der Waals surface area contributed by atoms with Crippen molar-refractivity contribution in [3.8, 4) is 6.07 Å². The lowest BCUT2D eigenvalue weighted by Crippen LogP contribution is -2.51. The van der Waals surface area contributed by atoms with E-state index in [0.717, 1.165) is 18.7 Å². The first-order valence-corrected chi connectivity index (χ1v) is 6.43. The average molecular weight is 259 g/mol. The number of nitrogens with zero attached hydrogens (tertiary/aromatic N) is 3. The Bertz CT molecular complexity index is 566. The normalized spacial score (nSPS) is 22.3. The van der Waals surface area contributed by atoms with E-state index in [1.54, 1.807) is 6.07 Å². The van der Waals surface area contributed by atoms with E-state index in [9.17, 15) is 9.18 Å². The molecule has 98 valence electrons. The van der Waals surface area contributed by atoms with E-state index in [2.05, 4.69) is 4.90 Å². The third-order valence-corrected chi connectivity index (χ3v) is 3.91. The lowest BCUT2D eigenvalue weighted by atomic mass is 10.1. The van der Waals surface area contributed by atoms with E-state index in [1.807, 2.05) is 11.0 Å². The van der Waals surface area contributed by atoms with Gasteiger partial charge >= 0.3 is 0 Å². The van der Waals surface area contributed by atoms with Crippen LogP contribution in [-0.4, -0.2) is 36.5 Å². The van der Waals surface area contributed by atoms with Gasteiger partial charge in [0.05, 0.1) is 11.3 Å². The van der Waals surface area contributed by atoms with Gasteiger partial charge in [0, 0.05) is 32.1 Å². The highest BCUT2D eigenvalue weighted by Gasteiger charge is 2.35. The summed E-state index contributed by atoms with van der Waals surface area (Å²) in [6.45, 7) is 2.11. The molecule has 0 bridgehead atoms. The van der Waals surface area contributed by atoms with Crippen LogP contribution in [0.1, 0.15) is 18.4 Å². The maximum absolute atomic E-state index is 13.1. The van der Waals surface area contributed by atoms with Crippen LogP contribution in [0, 0.1) is 17.1 Å². The van der Waals surface area contributed by atoms with Crippen molar-refractivity contribution < 1.29 is 9.18 Å². The quantitative estimate of drug-likeness (QED) is 0.768. The fraction of sp³-hybridized carbons (Fsp3) is 0.429. The summed E-state index contributed by atoms with van der Waals surface area (Å²) in [5, 5.41) is 9.10. The molecule has 1 unspecified atom stereocenters. The standard InChI is InChI=1S/C14H14FN3O/c15-11-1-3-13(10(7-11)8-16)17-5-6-18-12(9-17)2-4-14(18)19/h1,3,7,12H,2,4-6,9H2. The van der Waals surface area contributed by atoms with E-state index in [1.165, 1.54) is 12.1 Å². The summed E-state index contributed by atoms with van der Waals surface area (Å²) in [5.41, 5.74) is 1.13. The molecule has 0 aliphatic carbocycles. The number of anilines is 1. The first kappa shape index (κ1) is 12.0. The molecular weight excluding hydrogens is 245 g/mol. The number of fused-ring (bicyclic) bond motifs is 1. The average Bonchev–Trinajstić information content (AvgIpc) is 2.79. The second-order valence-corrected chi connectivity index (χ2v) is 5.00. The van der Waals surface area contributed by atoms with Crippen molar-refractivity contribution in [2.45, 2.75) is 18.9 Å². The third kappa shape index (κ3) is 2.03. The first-order chi connectivity index (χ1) is 9.19. The summed E-state index contributed by atoms with van der Waals surface area (Å²) in [7, 11) is 0. The molecule has 1 amide bonds. The van der Waals surface area contributed by atoms with Gasteiger partial charge in [-0.1, -0.05) is 0 Å². The van der Waals surface area contributed by atoms with Crippen LogP contribution in [0.2, 0.25) is 0 Å². The molecule has 2 fully saturated rings. The SMILES string of the molecule is N#Cc1cc(F)ccc1N1CCN2C(=O)CCC2C1. The molecule has 4 nitrogen and oxygen atoms in total. The summed E-state index contributed by atoms with van der Waals surface area (Å²) >= 11 is 0. The largest absolute Gasteiger partial charge is 0.367 e. The van der Waals surface area contributed by atoms with Gasteiger partial charge in [-0.05, 0) is 24.6 Å². The predicted octanol–water partition coefficient (Wildman–Crippen LogP) is 1.51. The van der Waals surface area contributed by atoms with Crippen molar-refractivity contribution in [1.82, 2.24) is 4.90 Å². The minimum absolute atomic E-state index is 0.226. The summed E-state index contributed by atoms with van der Waals surface area (Å²) in [4.78, 5) is 15.6. The molecule has 0 saturated carbocycles. The topological polar surface area (TPSA) is 47.3 Å². The van der Waals surface area contributed by atoms with E-state index >= 15 is 0 Å². The second kappa shape index (κ2) is 4.54. The highest BCUT2D eigenvalue weighted by atomic mass is 19.1. The summed E-state index contributed by atoms with van der Waals surface area (Å²) in [5.74, 6) is -0.167. The Morgan fingerprint density at radius 1 is 1.37 bits per heavy atom. The molecule has 0 aromatic heterocycles. The Morgan fingerprint density at radius 3 is 3.00 bits per heavy atom. The first-order valence-electron chi connectivity index (χ1n) is 6.43. The maximum atomic E-state index is 13.1. The van der Waals surface area contributed by atoms with Crippen molar-refractivity contribution in [2.75, 3.05) is 24.5 Å². The van der Waals surface area contributed by atoms with Gasteiger partial charge in [0.15, 0.2) is 0 Å². The Balaban J connectivity index is 1.85. The van der Waals surface area contributed by atoms with Gasteiger partial charge in [-0.3, -0.25) is 4.79 Å². The minimum Gasteiger partial charge on any atom is -0.367 e. The zero-order valence-corrected chi connectivity index (χ0v) is 10.5. The maximum Gasteiger partial charge on any atom is 0.223 e. The molecule has 19 heavy (non-hydrogen) atoms. The third-order valence-electron chi connectivity index (χ3n) is 3.91. The van der Waals surface area contributed by atoms with Crippen molar-refractivity contribution in [2.24, 2.45) is 0 Å². The van der Waals surface area contributed by atoms with Crippen molar-refractivity contribution in [3.05, 3.63) is 29.6 Å². The van der Waals surface area contributed by atoms with E-state index in [-0.39, 0.29) is 11.9 Å². The Hall–Kier alpha value is -2.09. The van der Waals surface area contributed by atoms with Crippen LogP contribution in [0.25, 0.3) is 0 Å². The molecule has 3 rings (SSSR count). The van der Waals surface area contributed by atoms with Crippen LogP contribution in [-0.2, 0) is 4.79 Å². The number of carbonyl (C=O) groups excluding carboxylic acids is 1. The Morgan fingerprint density at radius 2 is 2.21 bits per heavy atom. The van der Waals surface area contributed by atoms with Crippen LogP contribution in [0.4, 0.5) is 10.1 Å². The zero-order valence-electron chi connectivity index (χ0n) is 10.5. The number of rotatable bonds is 1. The molecule has 2 aliphatic heterocycles. The molecule has 2 saturated heterocycles. The smallest absolute Gasteiger partial charge is 0.223 e. The highest BCUT2D eigenvalue weighted by molar-refractivity contribution is 5.79. The van der Waals surface area contributed by atoms with Gasteiger partial charge < -0.3 is 9.80 Å². The monoisotopic (exact) mass is 259 g/mol. The number of hydrogen-bond donors (Lipinski definition) is 0. The number of carbonyl (C=O) groups is 1. The fourth-order valence-corrected chi connectivity index (χ4v) is 2.96. The number of benzene rings is 1.